The number of carbonyl (C=O) groups is 3. The van der Waals surface area contributed by atoms with Crippen molar-refractivity contribution in [2.24, 2.45) is 0 Å². The summed E-state index contributed by atoms with van der Waals surface area (Å²) in [6.45, 7) is 3.67. The number of nitrogens with one attached hydrogen (secondary N) is 1. The number of amides is 1. The van der Waals surface area contributed by atoms with Gasteiger partial charge in [-0.2, -0.15) is 0 Å². The molecule has 0 bridgehead atoms. The van der Waals surface area contributed by atoms with E-state index < -0.39 is 28.8 Å². The van der Waals surface area contributed by atoms with Crippen molar-refractivity contribution in [1.29, 1.82) is 0 Å². The van der Waals surface area contributed by atoms with Gasteiger partial charge in [0.25, 0.3) is 11.6 Å². The molecule has 1 N–H and O–H groups in total. The number of non-ortho nitro benzene ring substituents is 1. The van der Waals surface area contributed by atoms with Crippen LogP contribution in [0.3, 0.4) is 0 Å². The van der Waals surface area contributed by atoms with E-state index in [4.69, 9.17) is 9.47 Å². The molecule has 0 aliphatic heterocycles. The van der Waals surface area contributed by atoms with Crippen LogP contribution in [0.15, 0.2) is 48.5 Å². The zero-order chi connectivity index (χ0) is 22.8. The second-order valence-corrected chi connectivity index (χ2v) is 6.47. The molecule has 0 spiro atoms. The zero-order valence-electron chi connectivity index (χ0n) is 17.3. The lowest BCUT2D eigenvalue weighted by atomic mass is 9.98. The quantitative estimate of drug-likeness (QED) is 0.350. The van der Waals surface area contributed by atoms with Crippen LogP contribution in [0.5, 0.6) is 0 Å². The van der Waals surface area contributed by atoms with Gasteiger partial charge in [-0.3, -0.25) is 19.7 Å². The minimum Gasteiger partial charge on any atom is -0.466 e. The summed E-state index contributed by atoms with van der Waals surface area (Å²) < 4.78 is 9.89. The van der Waals surface area contributed by atoms with Crippen LogP contribution in [0, 0.1) is 10.1 Å². The van der Waals surface area contributed by atoms with Crippen LogP contribution >= 0.6 is 0 Å². The van der Waals surface area contributed by atoms with E-state index in [-0.39, 0.29) is 37.3 Å². The van der Waals surface area contributed by atoms with Crippen LogP contribution in [0.2, 0.25) is 0 Å². The Bertz CT molecular complexity index is 941. The molecule has 0 saturated carbocycles. The summed E-state index contributed by atoms with van der Waals surface area (Å²) in [6.07, 6.45) is -0.0231. The van der Waals surface area contributed by atoms with Gasteiger partial charge >= 0.3 is 11.9 Å². The molecule has 1 atom stereocenters. The molecule has 31 heavy (non-hydrogen) atoms. The molecule has 0 aliphatic rings. The zero-order valence-corrected chi connectivity index (χ0v) is 17.3. The second-order valence-electron chi connectivity index (χ2n) is 6.47. The minimum atomic E-state index is -1.03. The standard InChI is InChI=1S/C22H24N2O7/c1-3-30-20(25)14-13-19(22(27)31-4-2)23-21(26)18-8-6-5-7-17(18)15-9-11-16(12-10-15)24(28)29/h5-12,19H,3-4,13-14H2,1-2H3,(H,23,26). The molecule has 1 amide bonds. The molecule has 2 rings (SSSR count). The summed E-state index contributed by atoms with van der Waals surface area (Å²) in [6, 6.07) is 11.5. The fraction of sp³-hybridized carbons (Fsp3) is 0.318. The number of hydrogen-bond acceptors (Lipinski definition) is 7. The van der Waals surface area contributed by atoms with Gasteiger partial charge in [-0.05, 0) is 49.6 Å². The maximum atomic E-state index is 13.0. The van der Waals surface area contributed by atoms with Gasteiger partial charge in [-0.1, -0.05) is 18.2 Å². The molecular formula is C22H24N2O7. The Balaban J connectivity index is 2.24. The van der Waals surface area contributed by atoms with E-state index in [1.807, 2.05) is 0 Å². The van der Waals surface area contributed by atoms with Crippen molar-refractivity contribution in [2.75, 3.05) is 13.2 Å². The Hall–Kier alpha value is -3.75. The largest absolute Gasteiger partial charge is 0.466 e. The van der Waals surface area contributed by atoms with Crippen LogP contribution in [-0.4, -0.2) is 42.0 Å². The molecule has 0 radical (unpaired) electrons. The molecule has 9 heteroatoms. The maximum Gasteiger partial charge on any atom is 0.328 e. The van der Waals surface area contributed by atoms with E-state index in [2.05, 4.69) is 5.32 Å². The maximum absolute atomic E-state index is 13.0. The van der Waals surface area contributed by atoms with Crippen molar-refractivity contribution in [3.63, 3.8) is 0 Å². The van der Waals surface area contributed by atoms with Crippen molar-refractivity contribution >= 4 is 23.5 Å². The Labute approximate surface area is 179 Å². The van der Waals surface area contributed by atoms with E-state index in [0.29, 0.717) is 11.1 Å². The molecule has 0 heterocycles. The second kappa shape index (κ2) is 11.4. The van der Waals surface area contributed by atoms with E-state index >= 15 is 0 Å². The predicted molar refractivity (Wildman–Crippen MR) is 112 cm³/mol. The first-order valence-corrected chi connectivity index (χ1v) is 9.84. The summed E-state index contributed by atoms with van der Waals surface area (Å²) in [4.78, 5) is 47.3. The molecule has 0 saturated heterocycles. The lowest BCUT2D eigenvalue weighted by Crippen LogP contribution is -2.42. The van der Waals surface area contributed by atoms with Crippen LogP contribution < -0.4 is 5.32 Å². The van der Waals surface area contributed by atoms with E-state index in [1.165, 1.54) is 12.1 Å². The number of nitro benzene ring substituents is 1. The molecular weight excluding hydrogens is 404 g/mol. The Morgan fingerprint density at radius 1 is 1.00 bits per heavy atom. The summed E-state index contributed by atoms with van der Waals surface area (Å²) in [5.74, 6) is -1.65. The number of nitrogens with zero attached hydrogens (tertiary/aromatic N) is 1. The molecule has 164 valence electrons. The molecule has 2 aromatic carbocycles. The molecule has 2 aromatic rings. The third-order valence-electron chi connectivity index (χ3n) is 4.38. The molecule has 0 fully saturated rings. The normalized spacial score (nSPS) is 11.3. The lowest BCUT2D eigenvalue weighted by Gasteiger charge is -2.18. The Morgan fingerprint density at radius 3 is 2.26 bits per heavy atom. The lowest BCUT2D eigenvalue weighted by molar-refractivity contribution is -0.384. The molecule has 0 aromatic heterocycles. The first kappa shape index (κ1) is 23.5. The third-order valence-corrected chi connectivity index (χ3v) is 4.38. The van der Waals surface area contributed by atoms with Crippen LogP contribution in [0.4, 0.5) is 5.69 Å². The van der Waals surface area contributed by atoms with Gasteiger partial charge < -0.3 is 14.8 Å². The first-order valence-electron chi connectivity index (χ1n) is 9.84. The van der Waals surface area contributed by atoms with Gasteiger partial charge in [0.05, 0.1) is 18.1 Å². The highest BCUT2D eigenvalue weighted by molar-refractivity contribution is 6.02. The summed E-state index contributed by atoms with van der Waals surface area (Å²) in [7, 11) is 0. The highest BCUT2D eigenvalue weighted by Gasteiger charge is 2.25. The monoisotopic (exact) mass is 428 g/mol. The minimum absolute atomic E-state index is 0.0309. The highest BCUT2D eigenvalue weighted by atomic mass is 16.6. The van der Waals surface area contributed by atoms with Crippen LogP contribution in [0.25, 0.3) is 11.1 Å². The van der Waals surface area contributed by atoms with E-state index in [1.54, 1.807) is 50.2 Å². The van der Waals surface area contributed by atoms with Gasteiger partial charge in [0.15, 0.2) is 0 Å². The Morgan fingerprint density at radius 2 is 1.65 bits per heavy atom. The summed E-state index contributed by atoms with van der Waals surface area (Å²) >= 11 is 0. The number of rotatable bonds is 10. The van der Waals surface area contributed by atoms with Crippen molar-refractivity contribution < 1.29 is 28.8 Å². The smallest absolute Gasteiger partial charge is 0.328 e. The number of benzene rings is 2. The number of ether oxygens (including phenoxy) is 2. The molecule has 9 nitrogen and oxygen atoms in total. The molecule has 1 unspecified atom stereocenters. The number of carbonyl (C=O) groups excluding carboxylic acids is 3. The summed E-state index contributed by atoms with van der Waals surface area (Å²) in [5, 5.41) is 13.5. The predicted octanol–water partition coefficient (Wildman–Crippen LogP) is 3.27. The van der Waals surface area contributed by atoms with Gasteiger partial charge in [0, 0.05) is 24.1 Å². The van der Waals surface area contributed by atoms with E-state index in [9.17, 15) is 24.5 Å². The van der Waals surface area contributed by atoms with Gasteiger partial charge in [0.2, 0.25) is 0 Å². The van der Waals surface area contributed by atoms with Crippen molar-refractivity contribution in [3.8, 4) is 11.1 Å². The van der Waals surface area contributed by atoms with E-state index in [0.717, 1.165) is 0 Å². The average Bonchev–Trinajstić information content (AvgIpc) is 2.76. The Kier molecular flexibility index (Phi) is 8.68. The number of esters is 2. The first-order chi connectivity index (χ1) is 14.9. The highest BCUT2D eigenvalue weighted by Crippen LogP contribution is 2.26. The van der Waals surface area contributed by atoms with Gasteiger partial charge in [-0.15, -0.1) is 0 Å². The van der Waals surface area contributed by atoms with Crippen molar-refractivity contribution in [1.82, 2.24) is 5.32 Å². The molecule has 0 aliphatic carbocycles. The topological polar surface area (TPSA) is 125 Å². The van der Waals surface area contributed by atoms with Gasteiger partial charge in [-0.25, -0.2) is 4.79 Å². The fourth-order valence-electron chi connectivity index (χ4n) is 2.92. The fourth-order valence-corrected chi connectivity index (χ4v) is 2.92. The van der Waals surface area contributed by atoms with Crippen LogP contribution in [-0.2, 0) is 19.1 Å². The SMILES string of the molecule is CCOC(=O)CCC(NC(=O)c1ccccc1-c1ccc([N+](=O)[O-])cc1)C(=O)OCC. The van der Waals surface area contributed by atoms with Crippen LogP contribution in [0.1, 0.15) is 37.0 Å². The van der Waals surface area contributed by atoms with Gasteiger partial charge in [0.1, 0.15) is 6.04 Å². The average molecular weight is 428 g/mol. The number of nitro groups is 1. The third kappa shape index (κ3) is 6.63. The summed E-state index contributed by atoms with van der Waals surface area (Å²) in [5.41, 5.74) is 1.37. The number of hydrogen-bond donors (Lipinski definition) is 1. The van der Waals surface area contributed by atoms with Crippen molar-refractivity contribution in [3.05, 3.63) is 64.2 Å². The van der Waals surface area contributed by atoms with Crippen molar-refractivity contribution in [2.45, 2.75) is 32.7 Å².